The Morgan fingerprint density at radius 1 is 0.821 bits per heavy atom. The van der Waals surface area contributed by atoms with Gasteiger partial charge in [-0.2, -0.15) is 5.26 Å². The molecular formula is C42H52N6O5S3. The van der Waals surface area contributed by atoms with Gasteiger partial charge >= 0.3 is 12.2 Å². The number of amides is 2. The minimum atomic E-state index is -0.502. The number of ether oxygens (including phenoxy) is 2. The van der Waals surface area contributed by atoms with Crippen LogP contribution in [0.15, 0.2) is 48.5 Å². The summed E-state index contributed by atoms with van der Waals surface area (Å²) in [5.74, 6) is 0.608. The van der Waals surface area contributed by atoms with E-state index in [1.54, 1.807) is 43.8 Å². The maximum Gasteiger partial charge on any atom is 0.410 e. The first kappa shape index (κ1) is 42.6. The number of carbonyl (C=O) groups excluding carboxylic acids is 3. The number of aromatic nitrogens is 2. The number of nitrogen functional groups attached to an aromatic ring is 1. The van der Waals surface area contributed by atoms with Gasteiger partial charge in [-0.25, -0.2) is 19.6 Å². The fourth-order valence-corrected chi connectivity index (χ4v) is 9.47. The van der Waals surface area contributed by atoms with Gasteiger partial charge in [0, 0.05) is 42.4 Å². The number of anilines is 1. The fourth-order valence-electron chi connectivity index (χ4n) is 6.26. The molecule has 2 unspecified atom stereocenters. The standard InChI is InChI=1S/C21H25N3O2S2.C12H21NO3.C9H6N2S/c1-12-9-10-24(20(25)26-21(2,3)4)11-15-16(12)17(18(22)27-15)19-23-13-7-5-6-8-14(13)28-19;1-9-5-7-13(8-6-10(9)14)11(15)16-12(2,3)4;10-6-5-9-11-7-3-1-2-4-8(7)12-9/h5-8,12H,9-11,22H2,1-4H3;9H,5-8H2,1-4H3;1-4H,5H2. The van der Waals surface area contributed by atoms with E-state index < -0.39 is 11.2 Å². The molecule has 1 fully saturated rings. The second-order valence-electron chi connectivity index (χ2n) is 16.0. The van der Waals surface area contributed by atoms with Crippen LogP contribution in [-0.4, -0.2) is 68.6 Å². The number of hydrogen-bond acceptors (Lipinski definition) is 12. The van der Waals surface area contributed by atoms with E-state index in [-0.39, 0.29) is 23.9 Å². The van der Waals surface area contributed by atoms with Crippen LogP contribution >= 0.6 is 34.0 Å². The Kier molecular flexibility index (Phi) is 13.8. The number of hydrogen-bond donors (Lipinski definition) is 1. The van der Waals surface area contributed by atoms with Crippen molar-refractivity contribution in [2.45, 2.75) is 105 Å². The molecule has 0 aliphatic carbocycles. The van der Waals surface area contributed by atoms with Crippen molar-refractivity contribution >= 4 is 77.4 Å². The molecular weight excluding hydrogens is 765 g/mol. The predicted octanol–water partition coefficient (Wildman–Crippen LogP) is 10.4. The molecule has 5 aromatic rings. The first-order chi connectivity index (χ1) is 26.4. The van der Waals surface area contributed by atoms with Crippen molar-refractivity contribution in [3.63, 3.8) is 0 Å². The molecule has 2 atom stereocenters. The number of thiophene rings is 1. The van der Waals surface area contributed by atoms with Crippen LogP contribution < -0.4 is 5.73 Å². The zero-order chi connectivity index (χ0) is 40.8. The molecule has 5 heterocycles. The monoisotopic (exact) mass is 816 g/mol. The lowest BCUT2D eigenvalue weighted by Crippen LogP contribution is -2.37. The molecule has 298 valence electrons. The summed E-state index contributed by atoms with van der Waals surface area (Å²) >= 11 is 4.84. The van der Waals surface area contributed by atoms with Crippen LogP contribution in [0.25, 0.3) is 31.0 Å². The largest absolute Gasteiger partial charge is 0.444 e. The lowest BCUT2D eigenvalue weighted by Gasteiger charge is -2.26. The van der Waals surface area contributed by atoms with Crippen LogP contribution in [0.2, 0.25) is 0 Å². The summed E-state index contributed by atoms with van der Waals surface area (Å²) in [4.78, 5) is 49.6. The van der Waals surface area contributed by atoms with Gasteiger partial charge in [0.15, 0.2) is 0 Å². The summed E-state index contributed by atoms with van der Waals surface area (Å²) < 4.78 is 13.2. The highest BCUT2D eigenvalue weighted by molar-refractivity contribution is 7.22. The van der Waals surface area contributed by atoms with E-state index in [4.69, 9.17) is 25.5 Å². The maximum atomic E-state index is 12.6. The molecule has 0 bridgehead atoms. The Hall–Kier alpha value is -4.58. The topological polar surface area (TPSA) is 152 Å². The van der Waals surface area contributed by atoms with Gasteiger partial charge in [-0.05, 0) is 90.1 Å². The highest BCUT2D eigenvalue weighted by Crippen LogP contribution is 2.47. The molecule has 7 rings (SSSR count). The molecule has 2 aliphatic rings. The molecule has 2 amide bonds. The van der Waals surface area contributed by atoms with Crippen LogP contribution in [-0.2, 0) is 27.2 Å². The molecule has 14 heteroatoms. The molecule has 1 saturated heterocycles. The molecule has 3 aromatic heterocycles. The smallest absolute Gasteiger partial charge is 0.410 e. The van der Waals surface area contributed by atoms with Crippen molar-refractivity contribution in [2.24, 2.45) is 5.92 Å². The van der Waals surface area contributed by atoms with Crippen LogP contribution in [0.4, 0.5) is 14.6 Å². The number of nitrogens with two attached hydrogens (primary N) is 1. The van der Waals surface area contributed by atoms with E-state index in [1.165, 1.54) is 5.56 Å². The van der Waals surface area contributed by atoms with Crippen molar-refractivity contribution in [3.05, 3.63) is 64.0 Å². The molecule has 0 radical (unpaired) electrons. The molecule has 2 N–H and O–H groups in total. The van der Waals surface area contributed by atoms with Gasteiger partial charge in [0.25, 0.3) is 0 Å². The highest BCUT2D eigenvalue weighted by Gasteiger charge is 2.32. The second-order valence-corrected chi connectivity index (χ2v) is 19.3. The van der Waals surface area contributed by atoms with Crippen molar-refractivity contribution < 1.29 is 23.9 Å². The maximum absolute atomic E-state index is 12.6. The summed E-state index contributed by atoms with van der Waals surface area (Å²) in [7, 11) is 0. The predicted molar refractivity (Wildman–Crippen MR) is 227 cm³/mol. The van der Waals surface area contributed by atoms with Gasteiger partial charge in [-0.15, -0.1) is 34.0 Å². The molecule has 2 aromatic carbocycles. The van der Waals surface area contributed by atoms with Crippen LogP contribution in [0, 0.1) is 17.2 Å². The Balaban J connectivity index is 0.000000180. The Morgan fingerprint density at radius 2 is 1.38 bits per heavy atom. The van der Waals surface area contributed by atoms with Gasteiger partial charge < -0.3 is 25.0 Å². The molecule has 56 heavy (non-hydrogen) atoms. The van der Waals surface area contributed by atoms with E-state index in [0.717, 1.165) is 58.7 Å². The zero-order valence-corrected chi connectivity index (χ0v) is 36.0. The number of nitrogens with zero attached hydrogens (tertiary/aromatic N) is 5. The van der Waals surface area contributed by atoms with E-state index in [9.17, 15) is 14.4 Å². The molecule has 11 nitrogen and oxygen atoms in total. The number of fused-ring (bicyclic) bond motifs is 3. The SMILES string of the molecule is CC1CCN(C(=O)OC(C)(C)C)CCC1=O.CC1CCN(C(=O)OC(C)(C)C)Cc2sc(N)c(-c3nc4ccccc4s3)c21.N#CCc1nc2ccccc2s1. The summed E-state index contributed by atoms with van der Waals surface area (Å²) in [5, 5.41) is 11.1. The number of ketones is 1. The second kappa shape index (κ2) is 18.1. The Bertz CT molecular complexity index is 2140. The number of para-hydroxylation sites is 2. The van der Waals surface area contributed by atoms with E-state index in [0.29, 0.717) is 44.9 Å². The van der Waals surface area contributed by atoms with Gasteiger partial charge in [0.1, 0.15) is 27.0 Å². The van der Waals surface area contributed by atoms with Gasteiger partial charge in [0.05, 0.1) is 44.5 Å². The van der Waals surface area contributed by atoms with Crippen molar-refractivity contribution in [1.29, 1.82) is 5.26 Å². The van der Waals surface area contributed by atoms with Gasteiger partial charge in [-0.1, -0.05) is 38.1 Å². The normalized spacial score (nSPS) is 17.4. The summed E-state index contributed by atoms with van der Waals surface area (Å²) in [6.45, 7) is 17.6. The zero-order valence-electron chi connectivity index (χ0n) is 33.5. The summed E-state index contributed by atoms with van der Waals surface area (Å²) in [5.41, 5.74) is 9.78. The number of benzene rings is 2. The third-order valence-corrected chi connectivity index (χ3v) is 12.2. The minimum Gasteiger partial charge on any atom is -0.444 e. The van der Waals surface area contributed by atoms with Crippen molar-refractivity contribution in [2.75, 3.05) is 25.4 Å². The molecule has 0 spiro atoms. The Labute approximate surface area is 341 Å². The number of carbonyl (C=O) groups is 3. The number of thiazole rings is 2. The average Bonchev–Trinajstić information content (AvgIpc) is 3.76. The van der Waals surface area contributed by atoms with Crippen molar-refractivity contribution in [3.8, 4) is 16.6 Å². The number of likely N-dealkylation sites (tertiary alicyclic amines) is 1. The molecule has 0 saturated carbocycles. The highest BCUT2D eigenvalue weighted by atomic mass is 32.1. The van der Waals surface area contributed by atoms with Crippen molar-refractivity contribution in [1.82, 2.24) is 19.8 Å². The van der Waals surface area contributed by atoms with Crippen LogP contribution in [0.3, 0.4) is 0 Å². The third kappa shape index (κ3) is 11.3. The fraction of sp³-hybridized carbons (Fsp3) is 0.476. The molecule has 2 aliphatic heterocycles. The summed E-state index contributed by atoms with van der Waals surface area (Å²) in [6.07, 6.45) is 1.90. The third-order valence-electron chi connectivity index (χ3n) is 9.10. The number of Topliss-reactive ketones (excluding diaryl/α,β-unsaturated/α-hetero) is 1. The summed E-state index contributed by atoms with van der Waals surface area (Å²) in [6, 6.07) is 18.2. The lowest BCUT2D eigenvalue weighted by molar-refractivity contribution is -0.122. The van der Waals surface area contributed by atoms with E-state index in [1.807, 2.05) is 90.9 Å². The van der Waals surface area contributed by atoms with E-state index >= 15 is 0 Å². The van der Waals surface area contributed by atoms with Crippen LogP contribution in [0.5, 0.6) is 0 Å². The van der Waals surface area contributed by atoms with Gasteiger partial charge in [0.2, 0.25) is 0 Å². The van der Waals surface area contributed by atoms with Crippen LogP contribution in [0.1, 0.15) is 96.0 Å². The number of rotatable bonds is 2. The average molecular weight is 817 g/mol. The first-order valence-corrected chi connectivity index (χ1v) is 21.3. The quantitative estimate of drug-likeness (QED) is 0.183. The number of nitriles is 1. The lowest BCUT2D eigenvalue weighted by atomic mass is 9.95. The van der Waals surface area contributed by atoms with E-state index in [2.05, 4.69) is 24.0 Å². The Morgan fingerprint density at radius 3 is 1.96 bits per heavy atom. The minimum absolute atomic E-state index is 0.0624. The first-order valence-electron chi connectivity index (χ1n) is 18.9. The van der Waals surface area contributed by atoms with Gasteiger partial charge in [-0.3, -0.25) is 4.79 Å².